The van der Waals surface area contributed by atoms with Gasteiger partial charge in [-0.2, -0.15) is 4.31 Å². The summed E-state index contributed by atoms with van der Waals surface area (Å²) in [6, 6.07) is 29.7. The van der Waals surface area contributed by atoms with E-state index in [9.17, 15) is 18.0 Å². The highest BCUT2D eigenvalue weighted by atomic mass is 35.5. The number of hydrogen-bond acceptors (Lipinski definition) is 4. The number of nitrogens with one attached hydrogen (secondary N) is 1. The second kappa shape index (κ2) is 15.1. The molecule has 2 amide bonds. The Bertz CT molecular complexity index is 1710. The van der Waals surface area contributed by atoms with Crippen molar-refractivity contribution in [3.63, 3.8) is 0 Å². The van der Waals surface area contributed by atoms with Gasteiger partial charge in [-0.3, -0.25) is 9.59 Å². The first-order valence-corrected chi connectivity index (χ1v) is 17.1. The lowest BCUT2D eigenvalue weighted by molar-refractivity contribution is -0.141. The Kier molecular flexibility index (Phi) is 10.9. The molecule has 1 heterocycles. The Hall–Kier alpha value is -3.69. The molecule has 4 aromatic rings. The Balaban J connectivity index is 1.37. The predicted octanol–water partition coefficient (Wildman–Crippen LogP) is 6.80. The van der Waals surface area contributed by atoms with Gasteiger partial charge in [-0.15, -0.1) is 0 Å². The molecule has 0 aromatic heterocycles. The van der Waals surface area contributed by atoms with Gasteiger partial charge in [-0.25, -0.2) is 8.42 Å². The molecule has 0 bridgehead atoms. The van der Waals surface area contributed by atoms with Gasteiger partial charge in [0.2, 0.25) is 21.8 Å². The summed E-state index contributed by atoms with van der Waals surface area (Å²) in [5, 5.41) is 3.91. The van der Waals surface area contributed by atoms with Gasteiger partial charge in [-0.1, -0.05) is 102 Å². The van der Waals surface area contributed by atoms with Crippen molar-refractivity contribution in [1.82, 2.24) is 14.5 Å². The number of amides is 2. The SMILES string of the molecule is O=C(NCc1ccc(Cl)cc1Cl)[C@@H](c1ccccc1)N(Cc1ccccc1)C(=O)CCc1ccc(S(=O)(=O)N2CCCC2)cc1. The van der Waals surface area contributed by atoms with E-state index in [4.69, 9.17) is 23.2 Å². The largest absolute Gasteiger partial charge is 0.350 e. The van der Waals surface area contributed by atoms with E-state index in [0.717, 1.165) is 24.0 Å². The number of sulfonamides is 1. The van der Waals surface area contributed by atoms with E-state index in [0.29, 0.717) is 40.7 Å². The van der Waals surface area contributed by atoms with Crippen molar-refractivity contribution in [3.8, 4) is 0 Å². The number of halogens is 2. The molecule has 0 saturated carbocycles. The monoisotopic (exact) mass is 663 g/mol. The minimum Gasteiger partial charge on any atom is -0.350 e. The van der Waals surface area contributed by atoms with Crippen LogP contribution in [0.15, 0.2) is 108 Å². The van der Waals surface area contributed by atoms with Gasteiger partial charge in [0.05, 0.1) is 4.90 Å². The van der Waals surface area contributed by atoms with Crippen molar-refractivity contribution in [2.45, 2.75) is 49.7 Å². The van der Waals surface area contributed by atoms with Gasteiger partial charge in [0.1, 0.15) is 6.04 Å². The molecule has 45 heavy (non-hydrogen) atoms. The fraction of sp³-hybridized carbons (Fsp3) is 0.257. The van der Waals surface area contributed by atoms with Gasteiger partial charge in [0.15, 0.2) is 0 Å². The predicted molar refractivity (Wildman–Crippen MR) is 177 cm³/mol. The Morgan fingerprint density at radius 1 is 0.822 bits per heavy atom. The standard InChI is InChI=1S/C35H35Cl2N3O4S/c36-30-17-16-29(32(37)23-30)24-38-35(42)34(28-11-5-2-6-12-28)40(25-27-9-3-1-4-10-27)33(41)20-15-26-13-18-31(19-14-26)45(43,44)39-21-7-8-22-39/h1-6,9-14,16-19,23,34H,7-8,15,20-22,24-25H2,(H,38,42)/t34-/m1/s1. The van der Waals surface area contributed by atoms with Crippen molar-refractivity contribution >= 4 is 45.0 Å². The van der Waals surface area contributed by atoms with Gasteiger partial charge in [0, 0.05) is 42.6 Å². The van der Waals surface area contributed by atoms with Crippen LogP contribution in [-0.4, -0.2) is 42.5 Å². The summed E-state index contributed by atoms with van der Waals surface area (Å²) in [6.07, 6.45) is 2.26. The summed E-state index contributed by atoms with van der Waals surface area (Å²) < 4.78 is 27.4. The van der Waals surface area contributed by atoms with Crippen LogP contribution in [0.5, 0.6) is 0 Å². The van der Waals surface area contributed by atoms with Crippen LogP contribution in [-0.2, 0) is 39.1 Å². The molecule has 1 aliphatic heterocycles. The van der Waals surface area contributed by atoms with E-state index in [-0.39, 0.29) is 36.2 Å². The van der Waals surface area contributed by atoms with Crippen LogP contribution in [0.4, 0.5) is 0 Å². The second-order valence-corrected chi connectivity index (χ2v) is 13.8. The number of rotatable bonds is 12. The van der Waals surface area contributed by atoms with E-state index in [1.54, 1.807) is 47.4 Å². The molecule has 1 saturated heterocycles. The smallest absolute Gasteiger partial charge is 0.247 e. The number of nitrogens with zero attached hydrogens (tertiary/aromatic N) is 2. The lowest BCUT2D eigenvalue weighted by Crippen LogP contribution is -2.43. The van der Waals surface area contributed by atoms with Crippen molar-refractivity contribution in [3.05, 3.63) is 135 Å². The zero-order valence-electron chi connectivity index (χ0n) is 24.7. The summed E-state index contributed by atoms with van der Waals surface area (Å²) in [5.41, 5.74) is 3.11. The summed E-state index contributed by atoms with van der Waals surface area (Å²) in [6.45, 7) is 1.47. The molecule has 1 fully saturated rings. The van der Waals surface area contributed by atoms with Crippen LogP contribution in [0.3, 0.4) is 0 Å². The molecule has 234 valence electrons. The Morgan fingerprint density at radius 2 is 1.47 bits per heavy atom. The molecule has 0 unspecified atom stereocenters. The third kappa shape index (κ3) is 8.32. The van der Waals surface area contributed by atoms with Crippen molar-refractivity contribution in [2.24, 2.45) is 0 Å². The van der Waals surface area contributed by atoms with Gasteiger partial charge in [0.25, 0.3) is 0 Å². The van der Waals surface area contributed by atoms with Crippen molar-refractivity contribution < 1.29 is 18.0 Å². The first-order chi connectivity index (χ1) is 21.7. The van der Waals surface area contributed by atoms with Gasteiger partial charge < -0.3 is 10.2 Å². The first-order valence-electron chi connectivity index (χ1n) is 14.9. The van der Waals surface area contributed by atoms with Crippen molar-refractivity contribution in [2.75, 3.05) is 13.1 Å². The average Bonchev–Trinajstić information content (AvgIpc) is 3.61. The molecule has 1 N–H and O–H groups in total. The van der Waals surface area contributed by atoms with Crippen LogP contribution in [0, 0.1) is 0 Å². The molecule has 10 heteroatoms. The minimum atomic E-state index is -3.52. The number of hydrogen-bond donors (Lipinski definition) is 1. The van der Waals surface area contributed by atoms with Crippen LogP contribution in [0.1, 0.15) is 47.6 Å². The maximum atomic E-state index is 14.0. The number of aryl methyl sites for hydroxylation is 1. The minimum absolute atomic E-state index is 0.130. The quantitative estimate of drug-likeness (QED) is 0.181. The van der Waals surface area contributed by atoms with Gasteiger partial charge >= 0.3 is 0 Å². The molecule has 4 aromatic carbocycles. The van der Waals surface area contributed by atoms with Gasteiger partial charge in [-0.05, 0) is 65.8 Å². The Morgan fingerprint density at radius 3 is 2.11 bits per heavy atom. The average molecular weight is 665 g/mol. The molecule has 0 spiro atoms. The molecule has 0 radical (unpaired) electrons. The highest BCUT2D eigenvalue weighted by Crippen LogP contribution is 2.27. The van der Waals surface area contributed by atoms with E-state index in [1.807, 2.05) is 60.7 Å². The Labute approximate surface area is 274 Å². The molecule has 1 aliphatic rings. The van der Waals surface area contributed by atoms with E-state index >= 15 is 0 Å². The number of carbonyl (C=O) groups excluding carboxylic acids is 2. The summed E-state index contributed by atoms with van der Waals surface area (Å²) in [4.78, 5) is 29.8. The molecule has 7 nitrogen and oxygen atoms in total. The first kappa shape index (κ1) is 32.7. The zero-order chi connectivity index (χ0) is 31.8. The zero-order valence-corrected chi connectivity index (χ0v) is 27.1. The lowest BCUT2D eigenvalue weighted by Gasteiger charge is -2.32. The third-order valence-corrected chi connectivity index (χ3v) is 10.4. The fourth-order valence-electron chi connectivity index (χ4n) is 5.46. The highest BCUT2D eigenvalue weighted by molar-refractivity contribution is 7.89. The van der Waals surface area contributed by atoms with E-state index < -0.39 is 16.1 Å². The van der Waals surface area contributed by atoms with E-state index in [2.05, 4.69) is 5.32 Å². The maximum absolute atomic E-state index is 14.0. The molecular formula is C35H35Cl2N3O4S. The number of carbonyl (C=O) groups is 2. The summed E-state index contributed by atoms with van der Waals surface area (Å²) in [5.74, 6) is -0.547. The topological polar surface area (TPSA) is 86.8 Å². The molecule has 5 rings (SSSR count). The van der Waals surface area contributed by atoms with Crippen LogP contribution >= 0.6 is 23.2 Å². The van der Waals surface area contributed by atoms with E-state index in [1.165, 1.54) is 4.31 Å². The summed E-state index contributed by atoms with van der Waals surface area (Å²) in [7, 11) is -3.52. The van der Waals surface area contributed by atoms with Crippen LogP contribution in [0.2, 0.25) is 10.0 Å². The molecule has 0 aliphatic carbocycles. The number of benzene rings is 4. The third-order valence-electron chi connectivity index (χ3n) is 7.91. The van der Waals surface area contributed by atoms with Crippen LogP contribution < -0.4 is 5.32 Å². The lowest BCUT2D eigenvalue weighted by atomic mass is 10.0. The van der Waals surface area contributed by atoms with Crippen molar-refractivity contribution in [1.29, 1.82) is 0 Å². The second-order valence-electron chi connectivity index (χ2n) is 11.0. The fourth-order valence-corrected chi connectivity index (χ4v) is 7.45. The molecule has 1 atom stereocenters. The summed E-state index contributed by atoms with van der Waals surface area (Å²) >= 11 is 12.4. The maximum Gasteiger partial charge on any atom is 0.247 e. The normalized spacial score (nSPS) is 14.2. The van der Waals surface area contributed by atoms with Crippen LogP contribution in [0.25, 0.3) is 0 Å². The highest BCUT2D eigenvalue weighted by Gasteiger charge is 2.32. The molecular weight excluding hydrogens is 629 g/mol.